The van der Waals surface area contributed by atoms with Gasteiger partial charge in [-0.3, -0.25) is 4.99 Å². The number of guanidine groups is 1. The van der Waals surface area contributed by atoms with E-state index < -0.39 is 0 Å². The molecule has 0 amide bonds. The van der Waals surface area contributed by atoms with E-state index in [4.69, 9.17) is 0 Å². The van der Waals surface area contributed by atoms with Crippen molar-refractivity contribution in [3.05, 3.63) is 47.8 Å². The van der Waals surface area contributed by atoms with Crippen LogP contribution < -0.4 is 20.4 Å². The number of piperidine rings is 1. The van der Waals surface area contributed by atoms with Crippen LogP contribution in [0.3, 0.4) is 0 Å². The monoisotopic (exact) mass is 435 g/mol. The summed E-state index contributed by atoms with van der Waals surface area (Å²) in [6.07, 6.45) is 11.2. The normalized spacial score (nSPS) is 18.4. The lowest BCUT2D eigenvalue weighted by Gasteiger charge is -2.33. The van der Waals surface area contributed by atoms with Gasteiger partial charge in [-0.05, 0) is 61.9 Å². The Labute approximate surface area is 192 Å². The molecule has 2 saturated heterocycles. The Bertz CT molecular complexity index is 864. The first-order valence-electron chi connectivity index (χ1n) is 12.1. The van der Waals surface area contributed by atoms with Crippen molar-refractivity contribution in [3.63, 3.8) is 0 Å². The Morgan fingerprint density at radius 2 is 1.72 bits per heavy atom. The number of hydrogen-bond donors (Lipinski definition) is 2. The highest BCUT2D eigenvalue weighted by molar-refractivity contribution is 5.80. The SMILES string of the molecule is CN=C(NCc1ccnc(N2CCCCCC2)c1)NC1CCN(c2ccc(C)cn2)CC1. The van der Waals surface area contributed by atoms with Gasteiger partial charge in [-0.25, -0.2) is 9.97 Å². The van der Waals surface area contributed by atoms with Crippen molar-refractivity contribution < 1.29 is 0 Å². The lowest BCUT2D eigenvalue weighted by molar-refractivity contribution is 0.459. The van der Waals surface area contributed by atoms with E-state index in [1.807, 2.05) is 19.4 Å². The Morgan fingerprint density at radius 3 is 2.41 bits per heavy atom. The highest BCUT2D eigenvalue weighted by Crippen LogP contribution is 2.19. The summed E-state index contributed by atoms with van der Waals surface area (Å²) in [6, 6.07) is 8.99. The number of hydrogen-bond acceptors (Lipinski definition) is 5. The second kappa shape index (κ2) is 11.2. The summed E-state index contributed by atoms with van der Waals surface area (Å²) >= 11 is 0. The number of aryl methyl sites for hydroxylation is 1. The molecule has 0 saturated carbocycles. The maximum Gasteiger partial charge on any atom is 0.191 e. The van der Waals surface area contributed by atoms with Crippen LogP contribution in [0.15, 0.2) is 41.7 Å². The van der Waals surface area contributed by atoms with Crippen LogP contribution >= 0.6 is 0 Å². The number of nitrogens with zero attached hydrogens (tertiary/aromatic N) is 5. The Hall–Kier alpha value is -2.83. The molecule has 4 heterocycles. The molecule has 2 aliphatic heterocycles. The standard InChI is InChI=1S/C25H37N7/c1-20-7-8-23(28-18-20)32-15-10-22(11-16-32)30-25(26-2)29-19-21-9-12-27-24(17-21)31-13-5-3-4-6-14-31/h7-9,12,17-18,22H,3-6,10-11,13-16,19H2,1-2H3,(H2,26,29,30). The van der Waals surface area contributed by atoms with Crippen LogP contribution in [0.2, 0.25) is 0 Å². The van der Waals surface area contributed by atoms with Gasteiger partial charge < -0.3 is 20.4 Å². The summed E-state index contributed by atoms with van der Waals surface area (Å²) in [4.78, 5) is 18.5. The summed E-state index contributed by atoms with van der Waals surface area (Å²) in [6.45, 7) is 7.07. The number of pyridine rings is 2. The Kier molecular flexibility index (Phi) is 7.80. The van der Waals surface area contributed by atoms with Gasteiger partial charge in [0.15, 0.2) is 5.96 Å². The molecule has 7 heteroatoms. The molecule has 0 aliphatic carbocycles. The van der Waals surface area contributed by atoms with Crippen molar-refractivity contribution >= 4 is 17.6 Å². The van der Waals surface area contributed by atoms with E-state index >= 15 is 0 Å². The third-order valence-corrected chi connectivity index (χ3v) is 6.48. The van der Waals surface area contributed by atoms with Gasteiger partial charge in [-0.15, -0.1) is 0 Å². The van der Waals surface area contributed by atoms with Gasteiger partial charge in [0.1, 0.15) is 11.6 Å². The number of aromatic nitrogens is 2. The van der Waals surface area contributed by atoms with E-state index in [-0.39, 0.29) is 0 Å². The van der Waals surface area contributed by atoms with Crippen LogP contribution in [0.25, 0.3) is 0 Å². The second-order valence-electron chi connectivity index (χ2n) is 8.95. The van der Waals surface area contributed by atoms with E-state index in [1.54, 1.807) is 0 Å². The largest absolute Gasteiger partial charge is 0.357 e. The van der Waals surface area contributed by atoms with Gasteiger partial charge in [0.05, 0.1) is 0 Å². The number of anilines is 2. The van der Waals surface area contributed by atoms with Crippen molar-refractivity contribution in [1.82, 2.24) is 20.6 Å². The average molecular weight is 436 g/mol. The lowest BCUT2D eigenvalue weighted by atomic mass is 10.1. The van der Waals surface area contributed by atoms with Gasteiger partial charge in [-0.1, -0.05) is 18.9 Å². The van der Waals surface area contributed by atoms with Crippen LogP contribution in [0.4, 0.5) is 11.6 Å². The average Bonchev–Trinajstić information content (AvgIpc) is 3.13. The van der Waals surface area contributed by atoms with Crippen molar-refractivity contribution in [2.75, 3.05) is 43.0 Å². The van der Waals surface area contributed by atoms with Crippen molar-refractivity contribution in [3.8, 4) is 0 Å². The predicted octanol–water partition coefficient (Wildman–Crippen LogP) is 3.50. The molecule has 0 unspecified atom stereocenters. The fraction of sp³-hybridized carbons (Fsp3) is 0.560. The molecule has 0 radical (unpaired) electrons. The topological polar surface area (TPSA) is 68.7 Å². The van der Waals surface area contributed by atoms with E-state index in [0.717, 1.165) is 63.2 Å². The fourth-order valence-electron chi connectivity index (χ4n) is 4.52. The number of aliphatic imine (C=N–C) groups is 1. The third kappa shape index (κ3) is 6.11. The molecule has 2 aromatic heterocycles. The van der Waals surface area contributed by atoms with Crippen LogP contribution in [-0.4, -0.2) is 55.2 Å². The van der Waals surface area contributed by atoms with Crippen molar-refractivity contribution in [2.45, 2.75) is 58.0 Å². The zero-order valence-electron chi connectivity index (χ0n) is 19.6. The maximum atomic E-state index is 4.62. The molecule has 2 fully saturated rings. The zero-order chi connectivity index (χ0) is 22.2. The summed E-state index contributed by atoms with van der Waals surface area (Å²) in [5.74, 6) is 3.05. The van der Waals surface area contributed by atoms with Gasteiger partial charge >= 0.3 is 0 Å². The molecule has 4 rings (SSSR count). The highest BCUT2D eigenvalue weighted by Gasteiger charge is 2.21. The number of nitrogens with one attached hydrogen (secondary N) is 2. The fourth-order valence-corrected chi connectivity index (χ4v) is 4.52. The van der Waals surface area contributed by atoms with E-state index in [0.29, 0.717) is 6.04 Å². The molecule has 32 heavy (non-hydrogen) atoms. The van der Waals surface area contributed by atoms with Crippen LogP contribution in [0, 0.1) is 6.92 Å². The number of rotatable bonds is 5. The quantitative estimate of drug-likeness (QED) is 0.553. The first-order valence-corrected chi connectivity index (χ1v) is 12.1. The first-order chi connectivity index (χ1) is 15.7. The second-order valence-corrected chi connectivity index (χ2v) is 8.95. The van der Waals surface area contributed by atoms with Crippen LogP contribution in [0.5, 0.6) is 0 Å². The minimum atomic E-state index is 0.424. The predicted molar refractivity (Wildman–Crippen MR) is 132 cm³/mol. The van der Waals surface area contributed by atoms with Gasteiger partial charge in [0.2, 0.25) is 0 Å². The minimum absolute atomic E-state index is 0.424. The smallest absolute Gasteiger partial charge is 0.191 e. The van der Waals surface area contributed by atoms with Gasteiger partial charge in [0.25, 0.3) is 0 Å². The van der Waals surface area contributed by atoms with Crippen molar-refractivity contribution in [1.29, 1.82) is 0 Å². The van der Waals surface area contributed by atoms with Crippen LogP contribution in [0.1, 0.15) is 49.7 Å². The summed E-state index contributed by atoms with van der Waals surface area (Å²) in [7, 11) is 1.84. The van der Waals surface area contributed by atoms with E-state index in [2.05, 4.69) is 66.6 Å². The molecule has 2 aliphatic rings. The van der Waals surface area contributed by atoms with E-state index in [1.165, 1.54) is 36.8 Å². The molecule has 7 nitrogen and oxygen atoms in total. The summed E-state index contributed by atoms with van der Waals surface area (Å²) in [5.41, 5.74) is 2.44. The Morgan fingerprint density at radius 1 is 0.969 bits per heavy atom. The van der Waals surface area contributed by atoms with Crippen molar-refractivity contribution in [2.24, 2.45) is 4.99 Å². The molecular weight excluding hydrogens is 398 g/mol. The zero-order valence-corrected chi connectivity index (χ0v) is 19.6. The molecule has 2 N–H and O–H groups in total. The summed E-state index contributed by atoms with van der Waals surface area (Å²) in [5, 5.41) is 7.10. The molecule has 172 valence electrons. The van der Waals surface area contributed by atoms with E-state index in [9.17, 15) is 0 Å². The lowest BCUT2D eigenvalue weighted by Crippen LogP contribution is -2.48. The molecule has 2 aromatic rings. The molecular formula is C25H37N7. The van der Waals surface area contributed by atoms with Crippen LogP contribution in [-0.2, 0) is 6.54 Å². The minimum Gasteiger partial charge on any atom is -0.357 e. The third-order valence-electron chi connectivity index (χ3n) is 6.48. The first kappa shape index (κ1) is 22.4. The molecule has 0 bridgehead atoms. The maximum absolute atomic E-state index is 4.62. The van der Waals surface area contributed by atoms with Gasteiger partial charge in [0, 0.05) is 58.2 Å². The van der Waals surface area contributed by atoms with Gasteiger partial charge in [-0.2, -0.15) is 0 Å². The molecule has 0 spiro atoms. The molecule has 0 atom stereocenters. The summed E-state index contributed by atoms with van der Waals surface area (Å²) < 4.78 is 0. The molecule has 0 aromatic carbocycles. The Balaban J connectivity index is 1.26. The highest BCUT2D eigenvalue weighted by atomic mass is 15.2.